The average Bonchev–Trinajstić information content (AvgIpc) is 2.53. The van der Waals surface area contributed by atoms with Crippen LogP contribution >= 0.6 is 0 Å². The van der Waals surface area contributed by atoms with Crippen molar-refractivity contribution in [3.8, 4) is 5.75 Å². The Morgan fingerprint density at radius 1 is 1.32 bits per heavy atom. The molecule has 6 nitrogen and oxygen atoms in total. The summed E-state index contributed by atoms with van der Waals surface area (Å²) in [5, 5.41) is 18.5. The van der Waals surface area contributed by atoms with E-state index in [1.165, 1.54) is 23.8 Å². The van der Waals surface area contributed by atoms with Crippen LogP contribution in [0, 0.1) is 12.7 Å². The number of nitrogens with one attached hydrogen (secondary N) is 1. The third-order valence-electron chi connectivity index (χ3n) is 3.17. The topological polar surface area (TPSA) is 91.7 Å². The van der Waals surface area contributed by atoms with Crippen LogP contribution in [0.4, 0.5) is 4.39 Å². The molecule has 0 spiro atoms. The summed E-state index contributed by atoms with van der Waals surface area (Å²) in [6.07, 6.45) is 1.39. The summed E-state index contributed by atoms with van der Waals surface area (Å²) in [6, 6.07) is 5.93. The Morgan fingerprint density at radius 2 is 2.00 bits per heavy atom. The summed E-state index contributed by atoms with van der Waals surface area (Å²) < 4.78 is 18.3. The van der Waals surface area contributed by atoms with Crippen LogP contribution in [0.2, 0.25) is 0 Å². The van der Waals surface area contributed by atoms with Crippen molar-refractivity contribution in [3.63, 3.8) is 0 Å². The van der Waals surface area contributed by atoms with Crippen molar-refractivity contribution in [1.82, 2.24) is 10.5 Å². The molecule has 0 atom stereocenters. The molecular weight excluding hydrogens is 291 g/mol. The Morgan fingerprint density at radius 3 is 2.64 bits per heavy atom. The number of aromatic nitrogens is 1. The smallest absolute Gasteiger partial charge is 0.297 e. The zero-order valence-electron chi connectivity index (χ0n) is 11.8. The van der Waals surface area contributed by atoms with Crippen molar-refractivity contribution in [2.45, 2.75) is 20.1 Å². The second-order valence-electron chi connectivity index (χ2n) is 4.67. The van der Waals surface area contributed by atoms with Crippen molar-refractivity contribution in [3.05, 3.63) is 58.7 Å². The van der Waals surface area contributed by atoms with E-state index >= 15 is 0 Å². The van der Waals surface area contributed by atoms with E-state index in [1.54, 1.807) is 19.1 Å². The lowest BCUT2D eigenvalue weighted by Gasteiger charge is -2.10. The zero-order chi connectivity index (χ0) is 16.1. The molecule has 22 heavy (non-hydrogen) atoms. The number of pyridine rings is 1. The van der Waals surface area contributed by atoms with Crippen LogP contribution in [-0.4, -0.2) is 21.2 Å². The first-order chi connectivity index (χ1) is 10.5. The molecule has 1 aromatic carbocycles. The van der Waals surface area contributed by atoms with E-state index in [1.807, 2.05) is 0 Å². The minimum Gasteiger partial charge on any atom is -0.505 e. The molecule has 0 aliphatic carbocycles. The number of aromatic hydroxyl groups is 1. The maximum absolute atomic E-state index is 12.8. The molecule has 1 aromatic heterocycles. The lowest BCUT2D eigenvalue weighted by atomic mass is 10.1. The molecule has 2 rings (SSSR count). The average molecular weight is 306 g/mol. The molecule has 116 valence electrons. The fourth-order valence-electron chi connectivity index (χ4n) is 1.85. The van der Waals surface area contributed by atoms with Crippen LogP contribution in [0.3, 0.4) is 0 Å². The predicted molar refractivity (Wildman–Crippen MR) is 74.8 cm³/mol. The van der Waals surface area contributed by atoms with Gasteiger partial charge in [-0.2, -0.15) is 0 Å². The van der Waals surface area contributed by atoms with E-state index in [4.69, 9.17) is 9.94 Å². The highest BCUT2D eigenvalue weighted by molar-refractivity contribution is 5.94. The molecule has 1 heterocycles. The highest BCUT2D eigenvalue weighted by Gasteiger charge is 2.16. The van der Waals surface area contributed by atoms with Gasteiger partial charge in [0.15, 0.2) is 5.69 Å². The largest absolute Gasteiger partial charge is 0.505 e. The Labute approximate surface area is 126 Å². The summed E-state index contributed by atoms with van der Waals surface area (Å²) in [5.41, 5.74) is 3.01. The van der Waals surface area contributed by atoms with Gasteiger partial charge in [-0.05, 0) is 24.6 Å². The normalized spacial score (nSPS) is 10.5. The SMILES string of the molecule is Cc1c(COCc2ccc(F)cc2)cnc(C(=O)NO)c1O. The first-order valence-electron chi connectivity index (χ1n) is 6.47. The number of carbonyl (C=O) groups is 1. The van der Waals surface area contributed by atoms with Crippen LogP contribution in [0.25, 0.3) is 0 Å². The maximum Gasteiger partial charge on any atom is 0.297 e. The second-order valence-corrected chi connectivity index (χ2v) is 4.67. The second kappa shape index (κ2) is 6.97. The number of amides is 1. The van der Waals surface area contributed by atoms with E-state index in [-0.39, 0.29) is 30.5 Å². The van der Waals surface area contributed by atoms with Gasteiger partial charge in [0.25, 0.3) is 5.91 Å². The number of rotatable bonds is 5. The Kier molecular flexibility index (Phi) is 5.03. The molecule has 0 bridgehead atoms. The molecule has 1 amide bonds. The Bertz CT molecular complexity index is 674. The quantitative estimate of drug-likeness (QED) is 0.581. The fraction of sp³-hybridized carbons (Fsp3) is 0.200. The highest BCUT2D eigenvalue weighted by atomic mass is 19.1. The van der Waals surface area contributed by atoms with Crippen LogP contribution in [0.15, 0.2) is 30.5 Å². The van der Waals surface area contributed by atoms with Crippen molar-refractivity contribution >= 4 is 5.91 Å². The molecule has 7 heteroatoms. The maximum atomic E-state index is 12.8. The summed E-state index contributed by atoms with van der Waals surface area (Å²) >= 11 is 0. The van der Waals surface area contributed by atoms with Crippen molar-refractivity contribution in [1.29, 1.82) is 0 Å². The summed E-state index contributed by atoms with van der Waals surface area (Å²) in [7, 11) is 0. The molecule has 3 N–H and O–H groups in total. The van der Waals surface area contributed by atoms with Crippen molar-refractivity contribution < 1.29 is 24.2 Å². The molecule has 0 fully saturated rings. The number of hydroxylamine groups is 1. The first-order valence-corrected chi connectivity index (χ1v) is 6.47. The van der Waals surface area contributed by atoms with Crippen LogP contribution < -0.4 is 5.48 Å². The Hall–Kier alpha value is -2.51. The third kappa shape index (κ3) is 3.57. The zero-order valence-corrected chi connectivity index (χ0v) is 11.8. The molecule has 2 aromatic rings. The van der Waals surface area contributed by atoms with Crippen molar-refractivity contribution in [2.24, 2.45) is 0 Å². The van der Waals surface area contributed by atoms with Gasteiger partial charge in [0.05, 0.1) is 13.2 Å². The van der Waals surface area contributed by atoms with Gasteiger partial charge in [0.2, 0.25) is 0 Å². The molecule has 0 saturated heterocycles. The predicted octanol–water partition coefficient (Wildman–Crippen LogP) is 2.07. The van der Waals surface area contributed by atoms with Gasteiger partial charge >= 0.3 is 0 Å². The lowest BCUT2D eigenvalue weighted by Crippen LogP contribution is -2.20. The van der Waals surface area contributed by atoms with Crippen molar-refractivity contribution in [2.75, 3.05) is 0 Å². The minimum atomic E-state index is -0.889. The number of benzene rings is 1. The van der Waals surface area contributed by atoms with E-state index in [0.717, 1.165) is 5.56 Å². The van der Waals surface area contributed by atoms with Crippen LogP contribution in [-0.2, 0) is 18.0 Å². The van der Waals surface area contributed by atoms with Crippen LogP contribution in [0.1, 0.15) is 27.2 Å². The number of carbonyl (C=O) groups excluding carboxylic acids is 1. The molecule has 0 unspecified atom stereocenters. The van der Waals surface area contributed by atoms with Gasteiger partial charge in [-0.3, -0.25) is 10.0 Å². The van der Waals surface area contributed by atoms with Gasteiger partial charge in [0, 0.05) is 17.3 Å². The molecule has 0 aliphatic heterocycles. The number of ether oxygens (including phenoxy) is 1. The molecule has 0 radical (unpaired) electrons. The van der Waals surface area contributed by atoms with Gasteiger partial charge in [0.1, 0.15) is 11.6 Å². The first kappa shape index (κ1) is 15.9. The van der Waals surface area contributed by atoms with Gasteiger partial charge < -0.3 is 9.84 Å². The van der Waals surface area contributed by atoms with Gasteiger partial charge in [-0.15, -0.1) is 0 Å². The molecule has 0 aliphatic rings. The number of nitrogens with zero attached hydrogens (tertiary/aromatic N) is 1. The summed E-state index contributed by atoms with van der Waals surface area (Å²) in [6.45, 7) is 2.06. The van der Waals surface area contributed by atoms with E-state index < -0.39 is 5.91 Å². The fourth-order valence-corrected chi connectivity index (χ4v) is 1.85. The standard InChI is InChI=1S/C15H15FN2O4/c1-9-11(6-17-13(14(9)19)15(20)18-21)8-22-7-10-2-4-12(16)5-3-10/h2-6,19,21H,7-8H2,1H3,(H,18,20). The van der Waals surface area contributed by atoms with Gasteiger partial charge in [-0.25, -0.2) is 14.9 Å². The minimum absolute atomic E-state index is 0.171. The summed E-state index contributed by atoms with van der Waals surface area (Å²) in [5.74, 6) is -1.51. The van der Waals surface area contributed by atoms with Gasteiger partial charge in [-0.1, -0.05) is 12.1 Å². The highest BCUT2D eigenvalue weighted by Crippen LogP contribution is 2.23. The third-order valence-corrected chi connectivity index (χ3v) is 3.17. The Balaban J connectivity index is 2.03. The lowest BCUT2D eigenvalue weighted by molar-refractivity contribution is 0.0696. The molecule has 0 saturated carbocycles. The summed E-state index contributed by atoms with van der Waals surface area (Å²) in [4.78, 5) is 15.1. The number of halogens is 1. The van der Waals surface area contributed by atoms with E-state index in [9.17, 15) is 14.3 Å². The molecular formula is C15H15FN2O4. The number of hydrogen-bond acceptors (Lipinski definition) is 5. The van der Waals surface area contributed by atoms with E-state index in [2.05, 4.69) is 4.98 Å². The van der Waals surface area contributed by atoms with Crippen LogP contribution in [0.5, 0.6) is 5.75 Å². The van der Waals surface area contributed by atoms with E-state index in [0.29, 0.717) is 11.1 Å². The number of hydrogen-bond donors (Lipinski definition) is 3. The monoisotopic (exact) mass is 306 g/mol.